The largest absolute Gasteiger partial charge is 0.493 e. The summed E-state index contributed by atoms with van der Waals surface area (Å²) in [5.41, 5.74) is 11.2. The quantitative estimate of drug-likeness (QED) is 0.0505. The fourth-order valence-corrected chi connectivity index (χ4v) is 10.8. The summed E-state index contributed by atoms with van der Waals surface area (Å²) >= 11 is 0. The number of fused-ring (bicyclic) bond motifs is 5. The topological polar surface area (TPSA) is 181 Å². The van der Waals surface area contributed by atoms with Crippen molar-refractivity contribution in [2.45, 2.75) is 82.7 Å². The van der Waals surface area contributed by atoms with Crippen LogP contribution in [-0.2, 0) is 19.1 Å². The lowest BCUT2D eigenvalue weighted by molar-refractivity contribution is -0.123. The summed E-state index contributed by atoms with van der Waals surface area (Å²) in [6.07, 6.45) is 4.48. The molecule has 4 aromatic carbocycles. The van der Waals surface area contributed by atoms with Gasteiger partial charge < -0.3 is 53.4 Å². The highest BCUT2D eigenvalue weighted by molar-refractivity contribution is 6.76. The Labute approximate surface area is 428 Å². The third kappa shape index (κ3) is 11.0. The van der Waals surface area contributed by atoms with E-state index in [9.17, 15) is 19.2 Å². The van der Waals surface area contributed by atoms with Crippen LogP contribution in [0.4, 0.5) is 17.1 Å². The van der Waals surface area contributed by atoms with E-state index in [1.165, 1.54) is 33.8 Å². The molecule has 73 heavy (non-hydrogen) atoms. The summed E-state index contributed by atoms with van der Waals surface area (Å²) in [6, 6.07) is 19.7. The molecule has 9 rings (SSSR count). The van der Waals surface area contributed by atoms with E-state index in [1.807, 2.05) is 30.3 Å². The summed E-state index contributed by atoms with van der Waals surface area (Å²) in [5.74, 6) is 1.26. The van der Waals surface area contributed by atoms with Gasteiger partial charge in [-0.05, 0) is 70.8 Å². The molecule has 19 heteroatoms. The molecular formula is C54H65N5O12Si2. The highest BCUT2D eigenvalue weighted by Crippen LogP contribution is 2.45. The first-order valence-electron chi connectivity index (χ1n) is 24.7. The maximum atomic E-state index is 14.7. The van der Waals surface area contributed by atoms with Gasteiger partial charge in [0.2, 0.25) is 6.79 Å². The lowest BCUT2D eigenvalue weighted by Gasteiger charge is -2.27. The van der Waals surface area contributed by atoms with Crippen LogP contribution in [0.3, 0.4) is 0 Å². The van der Waals surface area contributed by atoms with Crippen LogP contribution < -0.4 is 44.0 Å². The minimum Gasteiger partial charge on any atom is -0.493 e. The maximum Gasteiger partial charge on any atom is 0.260 e. The average molecular weight is 1030 g/mol. The Morgan fingerprint density at radius 3 is 1.52 bits per heavy atom. The van der Waals surface area contributed by atoms with Gasteiger partial charge in [-0.25, -0.2) is 0 Å². The van der Waals surface area contributed by atoms with Crippen LogP contribution in [0, 0.1) is 0 Å². The molecule has 0 aliphatic carbocycles. The van der Waals surface area contributed by atoms with Crippen molar-refractivity contribution in [3.63, 3.8) is 0 Å². The predicted octanol–water partition coefficient (Wildman–Crippen LogP) is 8.69. The van der Waals surface area contributed by atoms with E-state index in [1.54, 1.807) is 48.8 Å². The lowest BCUT2D eigenvalue weighted by atomic mass is 10.0. The first-order valence-corrected chi connectivity index (χ1v) is 32.1. The van der Waals surface area contributed by atoms with Gasteiger partial charge in [-0.3, -0.25) is 29.0 Å². The van der Waals surface area contributed by atoms with Crippen molar-refractivity contribution < 1.29 is 57.1 Å². The molecule has 5 aliphatic rings. The molecule has 0 fully saturated rings. The van der Waals surface area contributed by atoms with Gasteiger partial charge in [0.15, 0.2) is 34.5 Å². The number of benzene rings is 4. The molecule has 4 amide bonds. The number of rotatable bonds is 20. The molecule has 0 unspecified atom stereocenters. The second-order valence-corrected chi connectivity index (χ2v) is 32.4. The number of methoxy groups -OCH3 is 2. The lowest BCUT2D eigenvalue weighted by Crippen LogP contribution is -2.45. The van der Waals surface area contributed by atoms with Gasteiger partial charge in [0, 0.05) is 78.8 Å². The second-order valence-electron chi connectivity index (χ2n) is 21.2. The van der Waals surface area contributed by atoms with Gasteiger partial charge in [-0.2, -0.15) is 0 Å². The van der Waals surface area contributed by atoms with Crippen LogP contribution in [0.1, 0.15) is 51.1 Å². The van der Waals surface area contributed by atoms with Crippen LogP contribution in [0.15, 0.2) is 79.1 Å². The van der Waals surface area contributed by atoms with Gasteiger partial charge in [0.1, 0.15) is 25.5 Å². The second kappa shape index (κ2) is 21.0. The third-order valence-electron chi connectivity index (χ3n) is 13.5. The highest BCUT2D eigenvalue weighted by Gasteiger charge is 2.45. The molecule has 0 aromatic heterocycles. The number of carbonyl (C=O) groups excluding carboxylic acids is 4. The molecule has 0 radical (unpaired) electrons. The summed E-state index contributed by atoms with van der Waals surface area (Å²) in [5, 5.41) is 0. The Morgan fingerprint density at radius 1 is 0.575 bits per heavy atom. The number of hydrogen-bond donors (Lipinski definition) is 1. The van der Waals surface area contributed by atoms with E-state index in [4.69, 9.17) is 43.6 Å². The predicted molar refractivity (Wildman–Crippen MR) is 283 cm³/mol. The van der Waals surface area contributed by atoms with Gasteiger partial charge in [-0.15, -0.1) is 0 Å². The Bertz CT molecular complexity index is 2860. The maximum absolute atomic E-state index is 14.7. The van der Waals surface area contributed by atoms with E-state index >= 15 is 0 Å². The van der Waals surface area contributed by atoms with Crippen molar-refractivity contribution in [2.75, 3.05) is 76.4 Å². The molecule has 0 bridgehead atoms. The summed E-state index contributed by atoms with van der Waals surface area (Å²) in [7, 11) is 0.0897. The van der Waals surface area contributed by atoms with Crippen molar-refractivity contribution in [2.24, 2.45) is 0 Å². The fraction of sp³-hybridized carbons (Fsp3) is 0.407. The van der Waals surface area contributed by atoms with Crippen LogP contribution in [-0.4, -0.2) is 123 Å². The molecule has 2 atom stereocenters. The highest BCUT2D eigenvalue weighted by atomic mass is 28.3. The Kier molecular flexibility index (Phi) is 14.7. The number of ether oxygens (including phenoxy) is 8. The third-order valence-corrected chi connectivity index (χ3v) is 16.9. The number of nitrogen functional groups attached to an aromatic ring is 1. The van der Waals surface area contributed by atoms with Crippen molar-refractivity contribution in [3.05, 3.63) is 101 Å². The number of nitrogens with two attached hydrogens (primary N) is 1. The zero-order valence-electron chi connectivity index (χ0n) is 42.9. The number of nitrogens with zero attached hydrogens (tertiary/aromatic N) is 4. The SMILES string of the molecule is COc1cc2c(cc1OCCCOc1cc3c(cc1OC)C(=O)N1C=C(c4ccc5c(c4)OCO5)C[C@H]1C(=O)N3COCC[Si](C)(C)C)N(COCC[Si](C)(C)C)C(=O)[C@@H]1CC(c3ccc(N)cc3)=CN1C2=O. The number of anilines is 3. The smallest absolute Gasteiger partial charge is 0.260 e. The zero-order valence-corrected chi connectivity index (χ0v) is 44.9. The molecule has 5 heterocycles. The van der Waals surface area contributed by atoms with Crippen LogP contribution in [0.25, 0.3) is 11.1 Å². The summed E-state index contributed by atoms with van der Waals surface area (Å²) in [6.45, 7) is 14.8. The molecule has 0 saturated carbocycles. The standard InChI is InChI=1S/C54H65N5O12Si2/c1-64-46-25-39-41(58(31-66-18-20-72(3,4)5)53(62)43-22-36(29-56(43)51(39)60)34-10-13-38(55)14-11-34)27-49(46)68-16-9-17-69-50-28-42-40(26-47(50)65-2)52(61)57-30-37(35-12-15-45-48(24-35)71-33-70-45)23-44(57)54(63)59(42)32-67-19-21-73(6,7)8/h10-15,24-30,43-44H,9,16-23,31-33,55H2,1-8H3/t43-,44-/m0/s1. The minimum absolute atomic E-state index is 0.0514. The number of carbonyl (C=O) groups is 4. The Morgan fingerprint density at radius 2 is 1.04 bits per heavy atom. The molecule has 4 aromatic rings. The normalized spacial score (nSPS) is 18.2. The van der Waals surface area contributed by atoms with Crippen molar-refractivity contribution in [3.8, 4) is 34.5 Å². The molecule has 0 spiro atoms. The van der Waals surface area contributed by atoms with Crippen molar-refractivity contribution in [1.29, 1.82) is 0 Å². The van der Waals surface area contributed by atoms with Gasteiger partial charge in [0.05, 0.1) is 49.9 Å². The fourth-order valence-electron chi connectivity index (χ4n) is 9.29. The number of hydrogen-bond acceptors (Lipinski definition) is 13. The van der Waals surface area contributed by atoms with Crippen molar-refractivity contribution in [1.82, 2.24) is 9.80 Å². The van der Waals surface area contributed by atoms with Gasteiger partial charge in [0.25, 0.3) is 23.6 Å². The Hall–Kier alpha value is -6.81. The monoisotopic (exact) mass is 1030 g/mol. The summed E-state index contributed by atoms with van der Waals surface area (Å²) in [4.78, 5) is 64.3. The van der Waals surface area contributed by atoms with E-state index in [0.29, 0.717) is 84.0 Å². The van der Waals surface area contributed by atoms with Crippen LogP contribution >= 0.6 is 0 Å². The molecule has 2 N–H and O–H groups in total. The van der Waals surface area contributed by atoms with E-state index in [-0.39, 0.29) is 68.2 Å². The molecular weight excluding hydrogens is 967 g/mol. The van der Waals surface area contributed by atoms with E-state index in [2.05, 4.69) is 39.3 Å². The van der Waals surface area contributed by atoms with Crippen molar-refractivity contribution >= 4 is 68.0 Å². The van der Waals surface area contributed by atoms with Gasteiger partial charge in [-0.1, -0.05) is 57.5 Å². The first kappa shape index (κ1) is 51.1. The molecule has 0 saturated heterocycles. The number of amides is 4. The molecule has 386 valence electrons. The average Bonchev–Trinajstić information content (AvgIpc) is 4.12. The van der Waals surface area contributed by atoms with E-state index in [0.717, 1.165) is 34.4 Å². The van der Waals surface area contributed by atoms with Gasteiger partial charge >= 0.3 is 0 Å². The molecule has 5 aliphatic heterocycles. The van der Waals surface area contributed by atoms with E-state index < -0.39 is 28.2 Å². The van der Waals surface area contributed by atoms with Crippen LogP contribution in [0.5, 0.6) is 34.5 Å². The zero-order chi connectivity index (χ0) is 51.8. The Balaban J connectivity index is 0.937. The molecule has 17 nitrogen and oxygen atoms in total. The van der Waals surface area contributed by atoms with Crippen LogP contribution in [0.2, 0.25) is 51.4 Å². The minimum atomic E-state index is -1.46. The summed E-state index contributed by atoms with van der Waals surface area (Å²) < 4.78 is 47.8. The first-order chi connectivity index (χ1) is 34.9.